The molecule has 2 aromatic rings. The summed E-state index contributed by atoms with van der Waals surface area (Å²) in [6.07, 6.45) is 0. The van der Waals surface area contributed by atoms with Crippen LogP contribution in [0.1, 0.15) is 34.6 Å². The third-order valence-corrected chi connectivity index (χ3v) is 3.47. The molecular formula is C19H20F2N2O4. The second-order valence-corrected chi connectivity index (χ2v) is 5.37. The van der Waals surface area contributed by atoms with Gasteiger partial charge in [-0.15, -0.1) is 0 Å². The van der Waals surface area contributed by atoms with E-state index in [1.807, 2.05) is 6.92 Å². The molecule has 0 aliphatic heterocycles. The van der Waals surface area contributed by atoms with Gasteiger partial charge in [-0.2, -0.15) is 8.78 Å². The van der Waals surface area contributed by atoms with E-state index in [4.69, 9.17) is 4.74 Å². The first-order valence-corrected chi connectivity index (χ1v) is 8.35. The molecule has 6 nitrogen and oxygen atoms in total. The Balaban J connectivity index is 2.27. The number of esters is 1. The molecule has 0 saturated heterocycles. The standard InChI is InChI=1S/C19H20F2N2O4/c1-3-22-15-9-8-13(18(25)26-4-2)11-16(15)23-17(24)12-6-5-7-14(10-12)27-19(20)21/h5-11,19,22H,3-4H2,1-2H3,(H,23,24). The Labute approximate surface area is 155 Å². The Kier molecular flexibility index (Phi) is 7.10. The molecule has 0 aliphatic rings. The quantitative estimate of drug-likeness (QED) is 0.675. The lowest BCUT2D eigenvalue weighted by atomic mass is 10.1. The fourth-order valence-corrected chi connectivity index (χ4v) is 2.34. The van der Waals surface area contributed by atoms with Crippen molar-refractivity contribution in [3.63, 3.8) is 0 Å². The van der Waals surface area contributed by atoms with Gasteiger partial charge in [0, 0.05) is 12.1 Å². The van der Waals surface area contributed by atoms with Gasteiger partial charge >= 0.3 is 12.6 Å². The van der Waals surface area contributed by atoms with E-state index in [2.05, 4.69) is 15.4 Å². The van der Waals surface area contributed by atoms with Crippen LogP contribution in [0.3, 0.4) is 0 Å². The number of alkyl halides is 2. The van der Waals surface area contributed by atoms with Gasteiger partial charge in [0.1, 0.15) is 5.75 Å². The molecule has 0 bridgehead atoms. The van der Waals surface area contributed by atoms with E-state index in [0.717, 1.165) is 0 Å². The molecule has 0 unspecified atom stereocenters. The van der Waals surface area contributed by atoms with Gasteiger partial charge in [0.15, 0.2) is 0 Å². The molecule has 0 aromatic heterocycles. The number of benzene rings is 2. The van der Waals surface area contributed by atoms with Crippen molar-refractivity contribution in [3.05, 3.63) is 53.6 Å². The number of hydrogen-bond donors (Lipinski definition) is 2. The molecule has 1 amide bonds. The number of anilines is 2. The van der Waals surface area contributed by atoms with Crippen molar-refractivity contribution in [2.75, 3.05) is 23.8 Å². The number of halogens is 2. The molecular weight excluding hydrogens is 358 g/mol. The highest BCUT2D eigenvalue weighted by molar-refractivity contribution is 6.07. The molecule has 27 heavy (non-hydrogen) atoms. The second-order valence-electron chi connectivity index (χ2n) is 5.37. The number of carbonyl (C=O) groups excluding carboxylic acids is 2. The van der Waals surface area contributed by atoms with Gasteiger partial charge in [0.25, 0.3) is 5.91 Å². The van der Waals surface area contributed by atoms with Crippen molar-refractivity contribution >= 4 is 23.3 Å². The smallest absolute Gasteiger partial charge is 0.387 e. The molecule has 2 rings (SSSR count). The topological polar surface area (TPSA) is 76.7 Å². The van der Waals surface area contributed by atoms with E-state index in [0.29, 0.717) is 17.9 Å². The summed E-state index contributed by atoms with van der Waals surface area (Å²) in [5, 5.41) is 5.76. The van der Waals surface area contributed by atoms with Crippen LogP contribution in [0.5, 0.6) is 5.75 Å². The van der Waals surface area contributed by atoms with Crippen LogP contribution in [0.15, 0.2) is 42.5 Å². The maximum Gasteiger partial charge on any atom is 0.387 e. The van der Waals surface area contributed by atoms with E-state index in [1.165, 1.54) is 30.3 Å². The Morgan fingerprint density at radius 2 is 1.81 bits per heavy atom. The SMILES string of the molecule is CCNc1ccc(C(=O)OCC)cc1NC(=O)c1cccc(OC(F)F)c1. The average Bonchev–Trinajstić information content (AvgIpc) is 2.63. The highest BCUT2D eigenvalue weighted by Gasteiger charge is 2.14. The van der Waals surface area contributed by atoms with Crippen LogP contribution in [0, 0.1) is 0 Å². The Bertz CT molecular complexity index is 812. The summed E-state index contributed by atoms with van der Waals surface area (Å²) >= 11 is 0. The van der Waals surface area contributed by atoms with E-state index < -0.39 is 18.5 Å². The number of rotatable bonds is 8. The van der Waals surface area contributed by atoms with E-state index in [1.54, 1.807) is 19.1 Å². The maximum atomic E-state index is 12.5. The van der Waals surface area contributed by atoms with Crippen molar-refractivity contribution in [2.45, 2.75) is 20.5 Å². The Hall–Kier alpha value is -3.16. The minimum atomic E-state index is -2.98. The van der Waals surface area contributed by atoms with E-state index in [-0.39, 0.29) is 23.5 Å². The fourth-order valence-electron chi connectivity index (χ4n) is 2.34. The lowest BCUT2D eigenvalue weighted by Gasteiger charge is -2.14. The fraction of sp³-hybridized carbons (Fsp3) is 0.263. The summed E-state index contributed by atoms with van der Waals surface area (Å²) < 4.78 is 34.0. The predicted octanol–water partition coefficient (Wildman–Crippen LogP) is 4.15. The Morgan fingerprint density at radius 1 is 1.04 bits per heavy atom. The molecule has 0 fully saturated rings. The van der Waals surface area contributed by atoms with Gasteiger partial charge in [-0.3, -0.25) is 4.79 Å². The summed E-state index contributed by atoms with van der Waals surface area (Å²) in [5.74, 6) is -1.16. The van der Waals surface area contributed by atoms with Crippen molar-refractivity contribution in [1.82, 2.24) is 0 Å². The second kappa shape index (κ2) is 9.51. The van der Waals surface area contributed by atoms with Crippen LogP contribution in [-0.4, -0.2) is 31.6 Å². The van der Waals surface area contributed by atoms with Gasteiger partial charge in [-0.1, -0.05) is 6.07 Å². The van der Waals surface area contributed by atoms with Crippen LogP contribution < -0.4 is 15.4 Å². The zero-order valence-corrected chi connectivity index (χ0v) is 14.9. The van der Waals surface area contributed by atoms with Gasteiger partial charge in [-0.25, -0.2) is 4.79 Å². The maximum absolute atomic E-state index is 12.5. The Morgan fingerprint density at radius 3 is 2.48 bits per heavy atom. The van der Waals surface area contributed by atoms with Gasteiger partial charge in [-0.05, 0) is 50.2 Å². The van der Waals surface area contributed by atoms with Crippen LogP contribution in [0.25, 0.3) is 0 Å². The molecule has 0 atom stereocenters. The van der Waals surface area contributed by atoms with E-state index >= 15 is 0 Å². The molecule has 144 valence electrons. The third kappa shape index (κ3) is 5.67. The van der Waals surface area contributed by atoms with Crippen LogP contribution in [0.2, 0.25) is 0 Å². The molecule has 0 aliphatic carbocycles. The molecule has 0 saturated carbocycles. The minimum absolute atomic E-state index is 0.121. The number of ether oxygens (including phenoxy) is 2. The number of amides is 1. The minimum Gasteiger partial charge on any atom is -0.462 e. The summed E-state index contributed by atoms with van der Waals surface area (Å²) in [6.45, 7) is 1.43. The highest BCUT2D eigenvalue weighted by atomic mass is 19.3. The van der Waals surface area contributed by atoms with Crippen LogP contribution in [0.4, 0.5) is 20.2 Å². The van der Waals surface area contributed by atoms with Gasteiger partial charge in [0.2, 0.25) is 0 Å². The van der Waals surface area contributed by atoms with Crippen molar-refractivity contribution in [2.24, 2.45) is 0 Å². The van der Waals surface area contributed by atoms with Crippen LogP contribution >= 0.6 is 0 Å². The zero-order chi connectivity index (χ0) is 19.8. The summed E-state index contributed by atoms with van der Waals surface area (Å²) in [6, 6.07) is 10.2. The normalized spacial score (nSPS) is 10.4. The van der Waals surface area contributed by atoms with Crippen LogP contribution in [-0.2, 0) is 4.74 Å². The number of nitrogens with one attached hydrogen (secondary N) is 2. The molecule has 0 radical (unpaired) electrons. The number of hydrogen-bond acceptors (Lipinski definition) is 5. The molecule has 0 spiro atoms. The lowest BCUT2D eigenvalue weighted by Crippen LogP contribution is -2.15. The number of carbonyl (C=O) groups is 2. The largest absolute Gasteiger partial charge is 0.462 e. The first-order valence-electron chi connectivity index (χ1n) is 8.35. The highest BCUT2D eigenvalue weighted by Crippen LogP contribution is 2.25. The third-order valence-electron chi connectivity index (χ3n) is 3.47. The summed E-state index contributed by atoms with van der Waals surface area (Å²) in [7, 11) is 0. The predicted molar refractivity (Wildman–Crippen MR) is 97.6 cm³/mol. The zero-order valence-electron chi connectivity index (χ0n) is 14.9. The van der Waals surface area contributed by atoms with E-state index in [9.17, 15) is 18.4 Å². The average molecular weight is 378 g/mol. The lowest BCUT2D eigenvalue weighted by molar-refractivity contribution is -0.0498. The molecule has 2 N–H and O–H groups in total. The van der Waals surface area contributed by atoms with Crippen molar-refractivity contribution in [1.29, 1.82) is 0 Å². The first-order chi connectivity index (χ1) is 12.9. The van der Waals surface area contributed by atoms with Gasteiger partial charge < -0.3 is 20.1 Å². The molecule has 0 heterocycles. The molecule has 8 heteroatoms. The molecule has 2 aromatic carbocycles. The monoisotopic (exact) mass is 378 g/mol. The van der Waals surface area contributed by atoms with Crippen molar-refractivity contribution in [3.8, 4) is 5.75 Å². The van der Waals surface area contributed by atoms with Crippen molar-refractivity contribution < 1.29 is 27.8 Å². The summed E-state index contributed by atoms with van der Waals surface area (Å²) in [4.78, 5) is 24.4. The summed E-state index contributed by atoms with van der Waals surface area (Å²) in [5.41, 5.74) is 1.40. The first kappa shape index (κ1) is 20.2. The van der Waals surface area contributed by atoms with Gasteiger partial charge in [0.05, 0.1) is 23.5 Å².